The Morgan fingerprint density at radius 2 is 1.83 bits per heavy atom. The highest BCUT2D eigenvalue weighted by Gasteiger charge is 2.45. The second kappa shape index (κ2) is 8.60. The van der Waals surface area contributed by atoms with Crippen molar-refractivity contribution in [1.29, 1.82) is 0 Å². The topological polar surface area (TPSA) is 136 Å². The van der Waals surface area contributed by atoms with E-state index in [9.17, 15) is 29.3 Å². The van der Waals surface area contributed by atoms with E-state index in [-0.39, 0.29) is 17.2 Å². The lowest BCUT2D eigenvalue weighted by Crippen LogP contribution is -2.47. The standard InChI is InChI=1S/C20H23N3O7/c1-11(20(27)30-12(2)17(24)21-13-7-4-3-5-8-13)22-18(25)14-9-6-10-15(23(28)29)16(14)19(22)26/h6,9-13H,3-5,7-8H2,1-2H3,(H,21,24)/t11-,12+/m0/s1. The molecule has 0 spiro atoms. The van der Waals surface area contributed by atoms with Crippen molar-refractivity contribution in [2.24, 2.45) is 0 Å². The molecule has 0 aromatic heterocycles. The third kappa shape index (κ3) is 4.03. The molecule has 3 amide bonds. The van der Waals surface area contributed by atoms with E-state index in [1.807, 2.05) is 0 Å². The summed E-state index contributed by atoms with van der Waals surface area (Å²) in [5.74, 6) is -3.15. The Bertz CT molecular complexity index is 908. The van der Waals surface area contributed by atoms with E-state index in [0.717, 1.165) is 38.2 Å². The van der Waals surface area contributed by atoms with Crippen LogP contribution in [0.3, 0.4) is 0 Å². The van der Waals surface area contributed by atoms with Crippen molar-refractivity contribution >= 4 is 29.4 Å². The summed E-state index contributed by atoms with van der Waals surface area (Å²) in [6.07, 6.45) is 3.83. The third-order valence-electron chi connectivity index (χ3n) is 5.46. The summed E-state index contributed by atoms with van der Waals surface area (Å²) in [6, 6.07) is 2.41. The quantitative estimate of drug-likeness (QED) is 0.323. The van der Waals surface area contributed by atoms with E-state index >= 15 is 0 Å². The number of nitro groups is 1. The van der Waals surface area contributed by atoms with E-state index in [1.54, 1.807) is 0 Å². The van der Waals surface area contributed by atoms with E-state index in [4.69, 9.17) is 4.74 Å². The fraction of sp³-hybridized carbons (Fsp3) is 0.500. The van der Waals surface area contributed by atoms with Gasteiger partial charge in [0.1, 0.15) is 11.6 Å². The highest BCUT2D eigenvalue weighted by Crippen LogP contribution is 2.32. The van der Waals surface area contributed by atoms with Crippen LogP contribution in [0.2, 0.25) is 0 Å². The summed E-state index contributed by atoms with van der Waals surface area (Å²) in [6.45, 7) is 2.69. The van der Waals surface area contributed by atoms with Crippen molar-refractivity contribution in [3.05, 3.63) is 39.4 Å². The summed E-state index contributed by atoms with van der Waals surface area (Å²) >= 11 is 0. The molecule has 0 saturated heterocycles. The van der Waals surface area contributed by atoms with E-state index < -0.39 is 46.4 Å². The van der Waals surface area contributed by atoms with Gasteiger partial charge in [0.15, 0.2) is 6.10 Å². The number of fused-ring (bicyclic) bond motifs is 1. The molecule has 1 saturated carbocycles. The molecule has 10 nitrogen and oxygen atoms in total. The van der Waals surface area contributed by atoms with Crippen LogP contribution >= 0.6 is 0 Å². The van der Waals surface area contributed by atoms with Crippen LogP contribution < -0.4 is 5.32 Å². The fourth-order valence-electron chi connectivity index (χ4n) is 3.79. The molecule has 10 heteroatoms. The van der Waals surface area contributed by atoms with Gasteiger partial charge in [-0.2, -0.15) is 0 Å². The first-order chi connectivity index (χ1) is 14.2. The highest BCUT2D eigenvalue weighted by molar-refractivity contribution is 6.24. The lowest BCUT2D eigenvalue weighted by Gasteiger charge is -2.26. The smallest absolute Gasteiger partial charge is 0.329 e. The van der Waals surface area contributed by atoms with Gasteiger partial charge in [0, 0.05) is 12.1 Å². The molecule has 1 heterocycles. The van der Waals surface area contributed by atoms with Gasteiger partial charge in [-0.15, -0.1) is 0 Å². The molecule has 1 aromatic rings. The maximum atomic E-state index is 12.7. The molecule has 0 bridgehead atoms. The average Bonchev–Trinajstić information content (AvgIpc) is 2.98. The molecule has 1 aliphatic heterocycles. The molecule has 160 valence electrons. The maximum absolute atomic E-state index is 12.7. The summed E-state index contributed by atoms with van der Waals surface area (Å²) in [4.78, 5) is 61.2. The van der Waals surface area contributed by atoms with Gasteiger partial charge < -0.3 is 10.1 Å². The molecule has 1 aromatic carbocycles. The molecule has 30 heavy (non-hydrogen) atoms. The van der Waals surface area contributed by atoms with Crippen molar-refractivity contribution in [1.82, 2.24) is 10.2 Å². The third-order valence-corrected chi connectivity index (χ3v) is 5.46. The molecule has 2 atom stereocenters. The summed E-state index contributed by atoms with van der Waals surface area (Å²) in [5.41, 5.74) is -0.999. The first kappa shape index (κ1) is 21.4. The van der Waals surface area contributed by atoms with Crippen molar-refractivity contribution in [2.45, 2.75) is 64.1 Å². The zero-order valence-corrected chi connectivity index (χ0v) is 16.8. The van der Waals surface area contributed by atoms with Crippen LogP contribution in [0, 0.1) is 10.1 Å². The van der Waals surface area contributed by atoms with Gasteiger partial charge >= 0.3 is 5.97 Å². The molecule has 0 radical (unpaired) electrons. The minimum atomic E-state index is -1.35. The van der Waals surface area contributed by atoms with Crippen LogP contribution in [0.15, 0.2) is 18.2 Å². The number of nitro benzene ring substituents is 1. The number of carbonyl (C=O) groups excluding carboxylic acids is 4. The van der Waals surface area contributed by atoms with Crippen LogP contribution in [-0.2, 0) is 14.3 Å². The number of hydrogen-bond acceptors (Lipinski definition) is 7. The minimum absolute atomic E-state index is 0.0432. The number of nitrogens with zero attached hydrogens (tertiary/aromatic N) is 2. The number of ether oxygens (including phenoxy) is 1. The van der Waals surface area contributed by atoms with Gasteiger partial charge in [0.2, 0.25) is 0 Å². The molecule has 2 aliphatic rings. The minimum Gasteiger partial charge on any atom is -0.451 e. The number of carbonyl (C=O) groups is 4. The van der Waals surface area contributed by atoms with Gasteiger partial charge in [-0.1, -0.05) is 25.3 Å². The van der Waals surface area contributed by atoms with Crippen molar-refractivity contribution < 1.29 is 28.8 Å². The van der Waals surface area contributed by atoms with Crippen LogP contribution in [-0.4, -0.2) is 51.7 Å². The number of nitrogens with one attached hydrogen (secondary N) is 1. The maximum Gasteiger partial charge on any atom is 0.329 e. The zero-order valence-electron chi connectivity index (χ0n) is 16.8. The summed E-state index contributed by atoms with van der Waals surface area (Å²) in [5, 5.41) is 14.0. The normalized spacial score (nSPS) is 18.5. The number of hydrogen-bond donors (Lipinski definition) is 1. The van der Waals surface area contributed by atoms with Gasteiger partial charge in [-0.25, -0.2) is 4.79 Å². The average molecular weight is 417 g/mol. The van der Waals surface area contributed by atoms with Gasteiger partial charge in [-0.3, -0.25) is 29.4 Å². The summed E-state index contributed by atoms with van der Waals surface area (Å²) < 4.78 is 5.17. The lowest BCUT2D eigenvalue weighted by molar-refractivity contribution is -0.385. The van der Waals surface area contributed by atoms with Gasteiger partial charge in [0.05, 0.1) is 10.5 Å². The Hall–Kier alpha value is -3.30. The second-order valence-corrected chi connectivity index (χ2v) is 7.54. The van der Waals surface area contributed by atoms with E-state index in [1.165, 1.54) is 26.0 Å². The molecular weight excluding hydrogens is 394 g/mol. The molecule has 1 N–H and O–H groups in total. The Morgan fingerprint density at radius 1 is 1.17 bits per heavy atom. The molecule has 1 aliphatic carbocycles. The van der Waals surface area contributed by atoms with Crippen LogP contribution in [0.5, 0.6) is 0 Å². The Balaban J connectivity index is 1.68. The largest absolute Gasteiger partial charge is 0.451 e. The van der Waals surface area contributed by atoms with E-state index in [0.29, 0.717) is 4.90 Å². The zero-order chi connectivity index (χ0) is 22.0. The first-order valence-electron chi connectivity index (χ1n) is 9.88. The Morgan fingerprint density at radius 3 is 2.47 bits per heavy atom. The predicted octanol–water partition coefficient (Wildman–Crippen LogP) is 1.96. The van der Waals surface area contributed by atoms with Crippen molar-refractivity contribution in [3.8, 4) is 0 Å². The van der Waals surface area contributed by atoms with Crippen LogP contribution in [0.25, 0.3) is 0 Å². The van der Waals surface area contributed by atoms with Crippen LogP contribution in [0.1, 0.15) is 66.7 Å². The number of benzene rings is 1. The van der Waals surface area contributed by atoms with Crippen molar-refractivity contribution in [2.75, 3.05) is 0 Å². The van der Waals surface area contributed by atoms with Gasteiger partial charge in [-0.05, 0) is 32.8 Å². The first-order valence-corrected chi connectivity index (χ1v) is 9.88. The Labute approximate surface area is 172 Å². The number of rotatable bonds is 6. The monoisotopic (exact) mass is 417 g/mol. The van der Waals surface area contributed by atoms with Crippen LogP contribution in [0.4, 0.5) is 5.69 Å². The number of imide groups is 1. The molecular formula is C20H23N3O7. The number of esters is 1. The number of amides is 3. The van der Waals surface area contributed by atoms with Crippen molar-refractivity contribution in [3.63, 3.8) is 0 Å². The highest BCUT2D eigenvalue weighted by atomic mass is 16.6. The summed E-state index contributed by atoms with van der Waals surface area (Å²) in [7, 11) is 0. The van der Waals surface area contributed by atoms with E-state index in [2.05, 4.69) is 5.32 Å². The molecule has 1 fully saturated rings. The Kier molecular flexibility index (Phi) is 6.14. The molecule has 0 unspecified atom stereocenters. The lowest BCUT2D eigenvalue weighted by atomic mass is 9.95. The van der Waals surface area contributed by atoms with Gasteiger partial charge in [0.25, 0.3) is 23.4 Å². The predicted molar refractivity (Wildman–Crippen MR) is 104 cm³/mol. The second-order valence-electron chi connectivity index (χ2n) is 7.54. The fourth-order valence-corrected chi connectivity index (χ4v) is 3.79. The SMILES string of the molecule is C[C@@H](OC(=O)[C@H](C)N1C(=O)c2cccc([N+](=O)[O-])c2C1=O)C(=O)NC1CCCCC1. The molecule has 3 rings (SSSR count).